The molecule has 0 bridgehead atoms. The summed E-state index contributed by atoms with van der Waals surface area (Å²) in [7, 11) is 0. The molecule has 0 heterocycles. The summed E-state index contributed by atoms with van der Waals surface area (Å²) in [6.07, 6.45) is 0. The molecule has 128 valence electrons. The van der Waals surface area contributed by atoms with E-state index in [0.29, 0.717) is 11.1 Å². The van der Waals surface area contributed by atoms with E-state index in [0.717, 1.165) is 30.9 Å². The predicted octanol–water partition coefficient (Wildman–Crippen LogP) is 4.30. The topological polar surface area (TPSA) is 32.3 Å². The van der Waals surface area contributed by atoms with Crippen molar-refractivity contribution in [3.63, 3.8) is 0 Å². The Morgan fingerprint density at radius 2 is 1.67 bits per heavy atom. The first-order chi connectivity index (χ1) is 11.5. The third-order valence-electron chi connectivity index (χ3n) is 4.05. The predicted molar refractivity (Wildman–Crippen MR) is 92.2 cm³/mol. The van der Waals surface area contributed by atoms with E-state index in [-0.39, 0.29) is 5.91 Å². The molecule has 2 aromatic carbocycles. The van der Waals surface area contributed by atoms with Crippen LogP contribution in [0.4, 0.5) is 14.5 Å². The summed E-state index contributed by atoms with van der Waals surface area (Å²) in [4.78, 5) is 14.5. The lowest BCUT2D eigenvalue weighted by atomic mass is 10.1. The number of hydrogen-bond acceptors (Lipinski definition) is 2. The van der Waals surface area contributed by atoms with Gasteiger partial charge in [0.15, 0.2) is 11.6 Å². The van der Waals surface area contributed by atoms with E-state index >= 15 is 0 Å². The Kier molecular flexibility index (Phi) is 5.90. The Morgan fingerprint density at radius 3 is 2.21 bits per heavy atom. The third kappa shape index (κ3) is 4.10. The van der Waals surface area contributed by atoms with E-state index in [9.17, 15) is 13.6 Å². The summed E-state index contributed by atoms with van der Waals surface area (Å²) in [6, 6.07) is 10.5. The molecule has 0 aliphatic heterocycles. The lowest BCUT2D eigenvalue weighted by Crippen LogP contribution is -2.27. The molecule has 1 unspecified atom stereocenters. The molecule has 1 N–H and O–H groups in total. The van der Waals surface area contributed by atoms with Crippen LogP contribution in [0.3, 0.4) is 0 Å². The molecule has 0 saturated carbocycles. The number of carbonyl (C=O) groups is 1. The monoisotopic (exact) mass is 332 g/mol. The molecule has 1 atom stereocenters. The maximum absolute atomic E-state index is 13.3. The highest BCUT2D eigenvalue weighted by Gasteiger charge is 2.13. The summed E-state index contributed by atoms with van der Waals surface area (Å²) < 4.78 is 26.3. The fraction of sp³-hybridized carbons (Fsp3) is 0.316. The van der Waals surface area contributed by atoms with Gasteiger partial charge in [-0.1, -0.05) is 6.07 Å². The van der Waals surface area contributed by atoms with Crippen LogP contribution in [-0.2, 0) is 0 Å². The molecule has 0 radical (unpaired) electrons. The highest BCUT2D eigenvalue weighted by atomic mass is 19.2. The van der Waals surface area contributed by atoms with Gasteiger partial charge in [0, 0.05) is 24.3 Å². The zero-order chi connectivity index (χ0) is 17.7. The minimum absolute atomic E-state index is 0.252. The van der Waals surface area contributed by atoms with Gasteiger partial charge in [-0.25, -0.2) is 8.78 Å². The second-order valence-corrected chi connectivity index (χ2v) is 5.59. The van der Waals surface area contributed by atoms with Crippen molar-refractivity contribution in [1.29, 1.82) is 0 Å². The number of carbonyl (C=O) groups excluding carboxylic acids is 1. The van der Waals surface area contributed by atoms with Crippen molar-refractivity contribution in [2.75, 3.05) is 18.0 Å². The van der Waals surface area contributed by atoms with E-state index in [1.54, 1.807) is 19.1 Å². The van der Waals surface area contributed by atoms with Gasteiger partial charge in [-0.15, -0.1) is 0 Å². The summed E-state index contributed by atoms with van der Waals surface area (Å²) in [6.45, 7) is 7.68. The Labute approximate surface area is 141 Å². The molecular formula is C19H22F2N2O. The van der Waals surface area contributed by atoms with Crippen LogP contribution in [0.2, 0.25) is 0 Å². The second kappa shape index (κ2) is 7.90. The summed E-state index contributed by atoms with van der Waals surface area (Å²) in [5, 5.41) is 2.79. The van der Waals surface area contributed by atoms with E-state index in [1.165, 1.54) is 6.07 Å². The molecule has 5 heteroatoms. The Hall–Kier alpha value is -2.43. The Bertz CT molecular complexity index is 697. The van der Waals surface area contributed by atoms with Crippen molar-refractivity contribution < 1.29 is 13.6 Å². The average molecular weight is 332 g/mol. The lowest BCUT2D eigenvalue weighted by Gasteiger charge is -2.21. The zero-order valence-corrected chi connectivity index (χ0v) is 14.1. The van der Waals surface area contributed by atoms with Crippen LogP contribution in [0.15, 0.2) is 42.5 Å². The summed E-state index contributed by atoms with van der Waals surface area (Å²) >= 11 is 0. The summed E-state index contributed by atoms with van der Waals surface area (Å²) in [5.74, 6) is -2.07. The van der Waals surface area contributed by atoms with E-state index in [4.69, 9.17) is 0 Å². The van der Waals surface area contributed by atoms with Gasteiger partial charge in [-0.3, -0.25) is 4.79 Å². The largest absolute Gasteiger partial charge is 0.372 e. The van der Waals surface area contributed by atoms with Crippen LogP contribution >= 0.6 is 0 Å². The highest BCUT2D eigenvalue weighted by molar-refractivity contribution is 5.94. The number of halogens is 2. The van der Waals surface area contributed by atoms with Gasteiger partial charge in [-0.2, -0.15) is 0 Å². The van der Waals surface area contributed by atoms with Gasteiger partial charge in [0.2, 0.25) is 0 Å². The Balaban J connectivity index is 2.07. The number of benzene rings is 2. The van der Waals surface area contributed by atoms with Crippen LogP contribution in [-0.4, -0.2) is 19.0 Å². The molecule has 0 spiro atoms. The second-order valence-electron chi connectivity index (χ2n) is 5.59. The number of nitrogens with zero attached hydrogens (tertiary/aromatic N) is 1. The summed E-state index contributed by atoms with van der Waals surface area (Å²) in [5.41, 5.74) is 2.10. The van der Waals surface area contributed by atoms with E-state index in [1.807, 2.05) is 12.1 Å². The number of nitrogens with one attached hydrogen (secondary N) is 1. The van der Waals surface area contributed by atoms with Crippen LogP contribution in [0.25, 0.3) is 0 Å². The van der Waals surface area contributed by atoms with Crippen molar-refractivity contribution in [2.24, 2.45) is 0 Å². The fourth-order valence-corrected chi connectivity index (χ4v) is 2.56. The third-order valence-corrected chi connectivity index (χ3v) is 4.05. The van der Waals surface area contributed by atoms with Crippen LogP contribution in [0, 0.1) is 11.6 Å². The van der Waals surface area contributed by atoms with Gasteiger partial charge < -0.3 is 10.2 Å². The van der Waals surface area contributed by atoms with Gasteiger partial charge in [-0.05, 0) is 62.7 Å². The molecule has 3 nitrogen and oxygen atoms in total. The molecule has 2 aromatic rings. The number of amides is 1. The normalized spacial score (nSPS) is 11.9. The highest BCUT2D eigenvalue weighted by Crippen LogP contribution is 2.18. The number of rotatable bonds is 6. The number of hydrogen-bond donors (Lipinski definition) is 1. The molecule has 0 fully saturated rings. The first-order valence-corrected chi connectivity index (χ1v) is 8.07. The van der Waals surface area contributed by atoms with Crippen molar-refractivity contribution in [3.8, 4) is 0 Å². The molecule has 0 saturated heterocycles. The molecule has 0 aromatic heterocycles. The minimum Gasteiger partial charge on any atom is -0.372 e. The fourth-order valence-electron chi connectivity index (χ4n) is 2.56. The standard InChI is InChI=1S/C19H22F2N2O/c1-4-23(5-2)16-9-6-14(7-10-16)19(24)22-13(3)15-8-11-17(20)18(21)12-15/h6-13H,4-5H2,1-3H3,(H,22,24). The van der Waals surface area contributed by atoms with Gasteiger partial charge in [0.05, 0.1) is 6.04 Å². The molecule has 2 rings (SSSR count). The minimum atomic E-state index is -0.919. The van der Waals surface area contributed by atoms with Gasteiger partial charge in [0.1, 0.15) is 0 Å². The maximum atomic E-state index is 13.3. The van der Waals surface area contributed by atoms with Crippen molar-refractivity contribution in [3.05, 3.63) is 65.2 Å². The van der Waals surface area contributed by atoms with Crippen LogP contribution in [0.5, 0.6) is 0 Å². The van der Waals surface area contributed by atoms with Crippen LogP contribution in [0.1, 0.15) is 42.7 Å². The Morgan fingerprint density at radius 1 is 1.04 bits per heavy atom. The molecule has 0 aliphatic rings. The molecule has 24 heavy (non-hydrogen) atoms. The van der Waals surface area contributed by atoms with E-state index < -0.39 is 17.7 Å². The molecule has 1 amide bonds. The lowest BCUT2D eigenvalue weighted by molar-refractivity contribution is 0.0940. The SMILES string of the molecule is CCN(CC)c1ccc(C(=O)NC(C)c2ccc(F)c(F)c2)cc1. The quantitative estimate of drug-likeness (QED) is 0.855. The first kappa shape index (κ1) is 17.9. The average Bonchev–Trinajstić information content (AvgIpc) is 2.59. The molecule has 0 aliphatic carbocycles. The first-order valence-electron chi connectivity index (χ1n) is 8.07. The van der Waals surface area contributed by atoms with Gasteiger partial charge >= 0.3 is 0 Å². The molecular weight excluding hydrogens is 310 g/mol. The van der Waals surface area contributed by atoms with Crippen molar-refractivity contribution >= 4 is 11.6 Å². The van der Waals surface area contributed by atoms with Crippen molar-refractivity contribution in [2.45, 2.75) is 26.8 Å². The number of anilines is 1. The van der Waals surface area contributed by atoms with E-state index in [2.05, 4.69) is 24.1 Å². The maximum Gasteiger partial charge on any atom is 0.251 e. The van der Waals surface area contributed by atoms with Gasteiger partial charge in [0.25, 0.3) is 5.91 Å². The van der Waals surface area contributed by atoms with Crippen molar-refractivity contribution in [1.82, 2.24) is 5.32 Å². The zero-order valence-electron chi connectivity index (χ0n) is 14.1. The smallest absolute Gasteiger partial charge is 0.251 e. The van der Waals surface area contributed by atoms with Crippen LogP contribution < -0.4 is 10.2 Å².